The van der Waals surface area contributed by atoms with Crippen LogP contribution in [0.5, 0.6) is 0 Å². The lowest BCUT2D eigenvalue weighted by Crippen LogP contribution is -2.39. The maximum Gasteiger partial charge on any atom is 0.0573 e. The van der Waals surface area contributed by atoms with Crippen LogP contribution in [0.1, 0.15) is 52.4 Å². The Bertz CT molecular complexity index is 205. The van der Waals surface area contributed by atoms with Crippen molar-refractivity contribution in [2.24, 2.45) is 23.7 Å². The molecular formula is C14H26O2. The maximum atomic E-state index is 10.2. The first kappa shape index (κ1) is 12.4. The minimum absolute atomic E-state index is 0.0913. The summed E-state index contributed by atoms with van der Waals surface area (Å²) in [5.74, 6) is 2.41. The largest absolute Gasteiger partial charge is 0.393 e. The molecule has 6 atom stereocenters. The van der Waals surface area contributed by atoms with Gasteiger partial charge in [0.05, 0.1) is 12.2 Å². The molecule has 94 valence electrons. The monoisotopic (exact) mass is 226 g/mol. The number of hydrogen-bond donors (Lipinski definition) is 2. The summed E-state index contributed by atoms with van der Waals surface area (Å²) < 4.78 is 0. The molecule has 0 aliphatic heterocycles. The van der Waals surface area contributed by atoms with Crippen LogP contribution in [0.25, 0.3) is 0 Å². The Morgan fingerprint density at radius 1 is 0.812 bits per heavy atom. The molecule has 0 aromatic heterocycles. The highest BCUT2D eigenvalue weighted by Crippen LogP contribution is 2.42. The van der Waals surface area contributed by atoms with E-state index in [-0.39, 0.29) is 12.2 Å². The predicted molar refractivity (Wildman–Crippen MR) is 65.0 cm³/mol. The van der Waals surface area contributed by atoms with E-state index < -0.39 is 0 Å². The van der Waals surface area contributed by atoms with Gasteiger partial charge in [0.25, 0.3) is 0 Å². The van der Waals surface area contributed by atoms with Crippen LogP contribution < -0.4 is 0 Å². The predicted octanol–water partition coefficient (Wildman–Crippen LogP) is 2.58. The molecule has 0 saturated heterocycles. The van der Waals surface area contributed by atoms with Gasteiger partial charge in [-0.1, -0.05) is 20.3 Å². The first-order valence-corrected chi connectivity index (χ1v) is 6.94. The first-order valence-electron chi connectivity index (χ1n) is 6.94. The summed E-state index contributed by atoms with van der Waals surface area (Å²) in [5, 5.41) is 19.9. The lowest BCUT2D eigenvalue weighted by molar-refractivity contribution is -0.0264. The fraction of sp³-hybridized carbons (Fsp3) is 1.00. The van der Waals surface area contributed by atoms with Crippen LogP contribution in [0, 0.1) is 23.7 Å². The second-order valence-electron chi connectivity index (χ2n) is 6.26. The molecule has 2 heteroatoms. The molecule has 6 unspecified atom stereocenters. The molecule has 16 heavy (non-hydrogen) atoms. The summed E-state index contributed by atoms with van der Waals surface area (Å²) >= 11 is 0. The Kier molecular flexibility index (Phi) is 3.91. The zero-order valence-electron chi connectivity index (χ0n) is 10.6. The van der Waals surface area contributed by atoms with Crippen molar-refractivity contribution in [3.05, 3.63) is 0 Å². The third-order valence-electron chi connectivity index (χ3n) is 4.89. The SMILES string of the molecule is CC1CCC(C2CCC(O)CC2C)C(O)C1. The molecule has 0 spiro atoms. The van der Waals surface area contributed by atoms with Crippen LogP contribution in [-0.2, 0) is 0 Å². The molecular weight excluding hydrogens is 200 g/mol. The highest BCUT2D eigenvalue weighted by molar-refractivity contribution is 4.88. The first-order chi connectivity index (χ1) is 7.58. The van der Waals surface area contributed by atoms with Gasteiger partial charge in [-0.25, -0.2) is 0 Å². The third kappa shape index (κ3) is 2.60. The minimum atomic E-state index is -0.0918. The van der Waals surface area contributed by atoms with Crippen molar-refractivity contribution in [2.45, 2.75) is 64.6 Å². The van der Waals surface area contributed by atoms with Crippen molar-refractivity contribution in [2.75, 3.05) is 0 Å². The molecule has 2 fully saturated rings. The van der Waals surface area contributed by atoms with Gasteiger partial charge >= 0.3 is 0 Å². The normalized spacial score (nSPS) is 50.2. The van der Waals surface area contributed by atoms with Crippen LogP contribution in [-0.4, -0.2) is 22.4 Å². The van der Waals surface area contributed by atoms with Crippen LogP contribution in [0.3, 0.4) is 0 Å². The van der Waals surface area contributed by atoms with Crippen LogP contribution >= 0.6 is 0 Å². The molecule has 0 amide bonds. The molecule has 0 aromatic rings. The maximum absolute atomic E-state index is 10.2. The average molecular weight is 226 g/mol. The van der Waals surface area contributed by atoms with Gasteiger partial charge in [0.15, 0.2) is 0 Å². The van der Waals surface area contributed by atoms with E-state index >= 15 is 0 Å². The van der Waals surface area contributed by atoms with E-state index in [1.54, 1.807) is 0 Å². The van der Waals surface area contributed by atoms with Crippen LogP contribution in [0.4, 0.5) is 0 Å². The van der Waals surface area contributed by atoms with Gasteiger partial charge in [0, 0.05) is 0 Å². The summed E-state index contributed by atoms with van der Waals surface area (Å²) in [6, 6.07) is 0. The highest BCUT2D eigenvalue weighted by atomic mass is 16.3. The van der Waals surface area contributed by atoms with Gasteiger partial charge in [0.2, 0.25) is 0 Å². The minimum Gasteiger partial charge on any atom is -0.393 e. The lowest BCUT2D eigenvalue weighted by atomic mass is 9.65. The van der Waals surface area contributed by atoms with Gasteiger partial charge in [-0.05, 0) is 55.8 Å². The van der Waals surface area contributed by atoms with Gasteiger partial charge in [-0.3, -0.25) is 0 Å². The summed E-state index contributed by atoms with van der Waals surface area (Å²) in [6.07, 6.45) is 6.24. The zero-order chi connectivity index (χ0) is 11.7. The van der Waals surface area contributed by atoms with E-state index in [2.05, 4.69) is 13.8 Å². The summed E-state index contributed by atoms with van der Waals surface area (Å²) in [6.45, 7) is 4.49. The fourth-order valence-electron chi connectivity index (χ4n) is 3.90. The van der Waals surface area contributed by atoms with E-state index in [0.29, 0.717) is 23.7 Å². The lowest BCUT2D eigenvalue weighted by Gasteiger charge is -2.42. The summed E-state index contributed by atoms with van der Waals surface area (Å²) in [5.41, 5.74) is 0. The van der Waals surface area contributed by atoms with E-state index in [4.69, 9.17) is 0 Å². The molecule has 2 saturated carbocycles. The van der Waals surface area contributed by atoms with E-state index in [9.17, 15) is 10.2 Å². The zero-order valence-corrected chi connectivity index (χ0v) is 10.6. The Balaban J connectivity index is 1.96. The number of aliphatic hydroxyl groups is 2. The number of aliphatic hydroxyl groups excluding tert-OH is 2. The second-order valence-corrected chi connectivity index (χ2v) is 6.26. The molecule has 2 nitrogen and oxygen atoms in total. The Hall–Kier alpha value is -0.0800. The topological polar surface area (TPSA) is 40.5 Å². The van der Waals surface area contributed by atoms with Crippen molar-refractivity contribution in [1.82, 2.24) is 0 Å². The summed E-state index contributed by atoms with van der Waals surface area (Å²) in [7, 11) is 0. The molecule has 0 radical (unpaired) electrons. The van der Waals surface area contributed by atoms with Crippen molar-refractivity contribution < 1.29 is 10.2 Å². The van der Waals surface area contributed by atoms with Gasteiger partial charge in [-0.15, -0.1) is 0 Å². The van der Waals surface area contributed by atoms with E-state index in [1.165, 1.54) is 12.8 Å². The number of rotatable bonds is 1. The highest BCUT2D eigenvalue weighted by Gasteiger charge is 2.38. The van der Waals surface area contributed by atoms with Crippen molar-refractivity contribution in [3.8, 4) is 0 Å². The molecule has 2 aliphatic carbocycles. The van der Waals surface area contributed by atoms with Gasteiger partial charge < -0.3 is 10.2 Å². The average Bonchev–Trinajstić information content (AvgIpc) is 2.19. The smallest absolute Gasteiger partial charge is 0.0573 e. The van der Waals surface area contributed by atoms with E-state index in [1.807, 2.05) is 0 Å². The Morgan fingerprint density at radius 3 is 2.12 bits per heavy atom. The van der Waals surface area contributed by atoms with Crippen molar-refractivity contribution in [3.63, 3.8) is 0 Å². The Morgan fingerprint density at radius 2 is 1.50 bits per heavy atom. The molecule has 2 rings (SSSR count). The van der Waals surface area contributed by atoms with Crippen LogP contribution in [0.15, 0.2) is 0 Å². The molecule has 0 heterocycles. The summed E-state index contributed by atoms with van der Waals surface area (Å²) in [4.78, 5) is 0. The second kappa shape index (κ2) is 5.05. The standard InChI is InChI=1S/C14H26O2/c1-9-3-5-13(14(16)7-9)12-6-4-11(15)8-10(12)2/h9-16H,3-8H2,1-2H3. The fourth-order valence-corrected chi connectivity index (χ4v) is 3.90. The van der Waals surface area contributed by atoms with Crippen molar-refractivity contribution in [1.29, 1.82) is 0 Å². The Labute approximate surface area is 99.1 Å². The molecule has 0 aromatic carbocycles. The van der Waals surface area contributed by atoms with Gasteiger partial charge in [0.1, 0.15) is 0 Å². The van der Waals surface area contributed by atoms with Crippen molar-refractivity contribution >= 4 is 0 Å². The van der Waals surface area contributed by atoms with Crippen LogP contribution in [0.2, 0.25) is 0 Å². The van der Waals surface area contributed by atoms with E-state index in [0.717, 1.165) is 25.7 Å². The molecule has 2 N–H and O–H groups in total. The molecule has 2 aliphatic rings. The van der Waals surface area contributed by atoms with Gasteiger partial charge in [-0.2, -0.15) is 0 Å². The quantitative estimate of drug-likeness (QED) is 0.721. The third-order valence-corrected chi connectivity index (χ3v) is 4.89. The molecule has 0 bridgehead atoms. The number of hydrogen-bond acceptors (Lipinski definition) is 2.